The normalized spacial score (nSPS) is 15.9. The summed E-state index contributed by atoms with van der Waals surface area (Å²) < 4.78 is 3.71. The molecule has 1 aliphatic heterocycles. The van der Waals surface area contributed by atoms with Crippen molar-refractivity contribution in [1.29, 1.82) is 0 Å². The third kappa shape index (κ3) is 2.37. The molecule has 1 aromatic carbocycles. The zero-order chi connectivity index (χ0) is 17.7. The smallest absolute Gasteiger partial charge is 0.326 e. The Balaban J connectivity index is 1.35. The molecule has 1 saturated heterocycles. The first-order valence-corrected chi connectivity index (χ1v) is 9.49. The Labute approximate surface area is 152 Å². The fourth-order valence-electron chi connectivity index (χ4n) is 3.76. The maximum Gasteiger partial charge on any atom is 0.326 e. The number of likely N-dealkylation sites (tertiary alicyclic amines) is 1. The number of aromatic amines is 1. The fraction of sp³-hybridized carbons (Fsp3) is 0.278. The lowest BCUT2D eigenvalue weighted by molar-refractivity contribution is 0.0690. The van der Waals surface area contributed by atoms with Crippen molar-refractivity contribution in [2.75, 3.05) is 13.1 Å². The number of amides is 1. The highest BCUT2D eigenvalue weighted by Crippen LogP contribution is 2.25. The maximum atomic E-state index is 12.7. The van der Waals surface area contributed by atoms with Gasteiger partial charge in [-0.25, -0.2) is 9.78 Å². The van der Waals surface area contributed by atoms with Crippen LogP contribution in [0.25, 0.3) is 16.0 Å². The van der Waals surface area contributed by atoms with E-state index in [1.165, 1.54) is 11.3 Å². The number of H-pyrrole nitrogens is 1. The van der Waals surface area contributed by atoms with Gasteiger partial charge in [-0.05, 0) is 25.0 Å². The number of fused-ring (bicyclic) bond motifs is 2. The number of hydrogen-bond acceptors (Lipinski definition) is 4. The monoisotopic (exact) mass is 367 g/mol. The fourth-order valence-corrected chi connectivity index (χ4v) is 4.46. The van der Waals surface area contributed by atoms with Gasteiger partial charge in [0.05, 0.1) is 11.0 Å². The predicted molar refractivity (Wildman–Crippen MR) is 99.8 cm³/mol. The Morgan fingerprint density at radius 2 is 2.04 bits per heavy atom. The number of hydrogen-bond donors (Lipinski definition) is 1. The van der Waals surface area contributed by atoms with Gasteiger partial charge in [-0.1, -0.05) is 12.1 Å². The summed E-state index contributed by atoms with van der Waals surface area (Å²) in [5, 5.41) is 1.95. The third-order valence-corrected chi connectivity index (χ3v) is 5.82. The molecule has 1 fully saturated rings. The molecular weight excluding hydrogens is 350 g/mol. The Morgan fingerprint density at radius 1 is 1.23 bits per heavy atom. The number of nitrogens with zero attached hydrogens (tertiary/aromatic N) is 4. The average Bonchev–Trinajstić information content (AvgIpc) is 3.33. The first-order chi connectivity index (χ1) is 12.7. The average molecular weight is 367 g/mol. The minimum absolute atomic E-state index is 0.0365. The van der Waals surface area contributed by atoms with E-state index in [0.717, 1.165) is 28.8 Å². The second kappa shape index (κ2) is 5.84. The van der Waals surface area contributed by atoms with Crippen LogP contribution in [0.15, 0.2) is 46.8 Å². The Kier molecular flexibility index (Phi) is 3.46. The van der Waals surface area contributed by atoms with E-state index in [9.17, 15) is 9.59 Å². The van der Waals surface area contributed by atoms with E-state index in [1.54, 1.807) is 6.20 Å². The molecule has 1 amide bonds. The molecule has 0 radical (unpaired) electrons. The molecule has 0 bridgehead atoms. The van der Waals surface area contributed by atoms with Crippen molar-refractivity contribution in [1.82, 2.24) is 23.8 Å². The van der Waals surface area contributed by atoms with E-state index in [0.29, 0.717) is 18.8 Å². The van der Waals surface area contributed by atoms with Crippen LogP contribution in [0, 0.1) is 0 Å². The molecule has 26 heavy (non-hydrogen) atoms. The van der Waals surface area contributed by atoms with Gasteiger partial charge < -0.3 is 9.88 Å². The van der Waals surface area contributed by atoms with Crippen LogP contribution in [0.4, 0.5) is 0 Å². The summed E-state index contributed by atoms with van der Waals surface area (Å²) >= 11 is 1.51. The van der Waals surface area contributed by atoms with Crippen molar-refractivity contribution < 1.29 is 4.79 Å². The van der Waals surface area contributed by atoms with Crippen LogP contribution in [-0.2, 0) is 0 Å². The summed E-state index contributed by atoms with van der Waals surface area (Å²) in [7, 11) is 0. The molecule has 1 N–H and O–H groups in total. The Morgan fingerprint density at radius 3 is 2.85 bits per heavy atom. The number of thiazole rings is 1. The lowest BCUT2D eigenvalue weighted by atomic mass is 10.0. The molecule has 7 nitrogen and oxygen atoms in total. The maximum absolute atomic E-state index is 12.7. The summed E-state index contributed by atoms with van der Waals surface area (Å²) in [5.41, 5.74) is 2.19. The van der Waals surface area contributed by atoms with Gasteiger partial charge in [-0.15, -0.1) is 11.3 Å². The first-order valence-electron chi connectivity index (χ1n) is 8.61. The number of piperidine rings is 1. The van der Waals surface area contributed by atoms with Gasteiger partial charge >= 0.3 is 5.69 Å². The van der Waals surface area contributed by atoms with Crippen LogP contribution in [0.3, 0.4) is 0 Å². The zero-order valence-corrected chi connectivity index (χ0v) is 14.8. The summed E-state index contributed by atoms with van der Waals surface area (Å²) in [5.74, 6) is -0.0365. The molecule has 3 aromatic heterocycles. The highest BCUT2D eigenvalue weighted by molar-refractivity contribution is 7.15. The molecule has 0 unspecified atom stereocenters. The molecule has 1 aliphatic rings. The number of benzene rings is 1. The number of aromatic nitrogens is 4. The molecular formula is C18H17N5O2S. The second-order valence-corrected chi connectivity index (χ2v) is 7.43. The lowest BCUT2D eigenvalue weighted by Crippen LogP contribution is -2.40. The van der Waals surface area contributed by atoms with Crippen LogP contribution < -0.4 is 5.69 Å². The van der Waals surface area contributed by atoms with E-state index < -0.39 is 0 Å². The van der Waals surface area contributed by atoms with Crippen LogP contribution in [0.2, 0.25) is 0 Å². The zero-order valence-electron chi connectivity index (χ0n) is 14.0. The van der Waals surface area contributed by atoms with Crippen molar-refractivity contribution in [2.24, 2.45) is 0 Å². The summed E-state index contributed by atoms with van der Waals surface area (Å²) in [6.45, 7) is 1.25. The van der Waals surface area contributed by atoms with E-state index >= 15 is 0 Å². The molecule has 5 rings (SSSR count). The standard InChI is InChI=1S/C18H17N5O2S/c24-16(14-11-22-9-10-26-18(22)20-14)21-7-5-12(6-8-21)23-15-4-2-1-3-13(15)19-17(23)25/h1-4,9-12H,5-8H2,(H,19,25). The number of carbonyl (C=O) groups is 1. The van der Waals surface area contributed by atoms with Gasteiger partial charge in [0, 0.05) is 36.9 Å². The van der Waals surface area contributed by atoms with Gasteiger partial charge in [0.1, 0.15) is 5.69 Å². The Bertz CT molecular complexity index is 1130. The molecule has 0 saturated carbocycles. The van der Waals surface area contributed by atoms with E-state index in [-0.39, 0.29) is 17.6 Å². The van der Waals surface area contributed by atoms with Gasteiger partial charge in [0.15, 0.2) is 4.96 Å². The highest BCUT2D eigenvalue weighted by atomic mass is 32.1. The molecule has 0 aliphatic carbocycles. The molecule has 132 valence electrons. The molecule has 8 heteroatoms. The third-order valence-electron chi connectivity index (χ3n) is 5.05. The number of para-hydroxylation sites is 2. The van der Waals surface area contributed by atoms with Crippen LogP contribution >= 0.6 is 11.3 Å². The van der Waals surface area contributed by atoms with Crippen molar-refractivity contribution >= 4 is 33.2 Å². The quantitative estimate of drug-likeness (QED) is 0.591. The minimum atomic E-state index is -0.0784. The van der Waals surface area contributed by atoms with Gasteiger partial charge in [0.25, 0.3) is 5.91 Å². The van der Waals surface area contributed by atoms with E-state index in [2.05, 4.69) is 9.97 Å². The van der Waals surface area contributed by atoms with Crippen molar-refractivity contribution in [3.8, 4) is 0 Å². The van der Waals surface area contributed by atoms with Gasteiger partial charge in [0.2, 0.25) is 0 Å². The number of carbonyl (C=O) groups excluding carboxylic acids is 1. The van der Waals surface area contributed by atoms with Crippen LogP contribution in [0.1, 0.15) is 29.4 Å². The highest BCUT2D eigenvalue weighted by Gasteiger charge is 2.27. The Hall–Kier alpha value is -2.87. The first kappa shape index (κ1) is 15.4. The number of imidazole rings is 2. The summed E-state index contributed by atoms with van der Waals surface area (Å²) in [6, 6.07) is 7.83. The SMILES string of the molecule is O=C(c1cn2ccsc2n1)N1CCC(n2c(=O)[nH]c3ccccc32)CC1. The number of rotatable bonds is 2. The molecule has 0 atom stereocenters. The van der Waals surface area contributed by atoms with Gasteiger partial charge in [-0.2, -0.15) is 0 Å². The van der Waals surface area contributed by atoms with E-state index in [1.807, 2.05) is 49.7 Å². The van der Waals surface area contributed by atoms with E-state index in [4.69, 9.17) is 0 Å². The van der Waals surface area contributed by atoms with Crippen molar-refractivity contribution in [3.63, 3.8) is 0 Å². The van der Waals surface area contributed by atoms with Crippen molar-refractivity contribution in [3.05, 3.63) is 58.2 Å². The summed E-state index contributed by atoms with van der Waals surface area (Å²) in [4.78, 5) is 35.1. The van der Waals surface area contributed by atoms with Crippen LogP contribution in [0.5, 0.6) is 0 Å². The summed E-state index contributed by atoms with van der Waals surface area (Å²) in [6.07, 6.45) is 5.20. The molecule has 0 spiro atoms. The predicted octanol–water partition coefficient (Wildman–Crippen LogP) is 2.52. The van der Waals surface area contributed by atoms with Crippen LogP contribution in [-0.4, -0.2) is 42.8 Å². The van der Waals surface area contributed by atoms with Crippen molar-refractivity contribution in [2.45, 2.75) is 18.9 Å². The minimum Gasteiger partial charge on any atom is -0.337 e. The number of nitrogens with one attached hydrogen (secondary N) is 1. The lowest BCUT2D eigenvalue weighted by Gasteiger charge is -2.32. The molecule has 4 heterocycles. The van der Waals surface area contributed by atoms with Gasteiger partial charge in [-0.3, -0.25) is 13.8 Å². The second-order valence-electron chi connectivity index (χ2n) is 6.56. The molecule has 4 aromatic rings. The topological polar surface area (TPSA) is 75.4 Å². The largest absolute Gasteiger partial charge is 0.337 e.